The van der Waals surface area contributed by atoms with Crippen molar-refractivity contribution in [3.05, 3.63) is 29.8 Å². The lowest BCUT2D eigenvalue weighted by Gasteiger charge is -2.16. The van der Waals surface area contributed by atoms with E-state index in [0.29, 0.717) is 0 Å². The van der Waals surface area contributed by atoms with Gasteiger partial charge in [0.2, 0.25) is 0 Å². The van der Waals surface area contributed by atoms with Gasteiger partial charge in [-0.05, 0) is 31.5 Å². The maximum absolute atomic E-state index is 8.58. The van der Waals surface area contributed by atoms with Crippen LogP contribution in [0.15, 0.2) is 24.3 Å². The predicted molar refractivity (Wildman–Crippen MR) is 54.9 cm³/mol. The molecule has 0 aliphatic carbocycles. The van der Waals surface area contributed by atoms with E-state index >= 15 is 0 Å². The Kier molecular flexibility index (Phi) is 3.49. The summed E-state index contributed by atoms with van der Waals surface area (Å²) < 4.78 is 5.50. The fourth-order valence-corrected chi connectivity index (χ4v) is 1.08. The van der Waals surface area contributed by atoms with Crippen molar-refractivity contribution in [2.75, 3.05) is 0 Å². The first-order valence-corrected chi connectivity index (χ1v) is 4.52. The zero-order valence-electron chi connectivity index (χ0n) is 8.40. The van der Waals surface area contributed by atoms with E-state index < -0.39 is 6.04 Å². The minimum Gasteiger partial charge on any atom is -0.488 e. The summed E-state index contributed by atoms with van der Waals surface area (Å²) in [4.78, 5) is 0. The van der Waals surface area contributed by atoms with Gasteiger partial charge in [0.25, 0.3) is 0 Å². The summed E-state index contributed by atoms with van der Waals surface area (Å²) in [6.07, 6.45) is -0.290. The van der Waals surface area contributed by atoms with Crippen LogP contribution in [0.2, 0.25) is 0 Å². The standard InChI is InChI=1S/C11H14N2O/c1-8-4-3-5-10(6-8)14-9(2)11(13)7-12/h3-6,9,11H,13H2,1-2H3. The minimum absolute atomic E-state index is 0.290. The first-order chi connectivity index (χ1) is 6.63. The average molecular weight is 190 g/mol. The van der Waals surface area contributed by atoms with Crippen molar-refractivity contribution in [2.24, 2.45) is 5.73 Å². The number of aryl methyl sites for hydroxylation is 1. The third-order valence-corrected chi connectivity index (χ3v) is 1.97. The van der Waals surface area contributed by atoms with Crippen LogP contribution in [0.1, 0.15) is 12.5 Å². The molecule has 3 heteroatoms. The maximum Gasteiger partial charge on any atom is 0.130 e. The molecule has 3 nitrogen and oxygen atoms in total. The quantitative estimate of drug-likeness (QED) is 0.787. The summed E-state index contributed by atoms with van der Waals surface area (Å²) in [5.41, 5.74) is 6.64. The van der Waals surface area contributed by atoms with Crippen LogP contribution in [-0.2, 0) is 0 Å². The van der Waals surface area contributed by atoms with E-state index in [2.05, 4.69) is 0 Å². The van der Waals surface area contributed by atoms with Gasteiger partial charge in [0.1, 0.15) is 17.9 Å². The molecule has 1 aromatic rings. The number of hydrogen-bond acceptors (Lipinski definition) is 3. The van der Waals surface area contributed by atoms with E-state index in [1.807, 2.05) is 37.3 Å². The van der Waals surface area contributed by atoms with Crippen molar-refractivity contribution in [3.63, 3.8) is 0 Å². The number of benzene rings is 1. The summed E-state index contributed by atoms with van der Waals surface area (Å²) >= 11 is 0. The van der Waals surface area contributed by atoms with Gasteiger partial charge in [0, 0.05) is 0 Å². The molecule has 0 radical (unpaired) electrons. The molecule has 0 spiro atoms. The van der Waals surface area contributed by atoms with E-state index in [1.165, 1.54) is 0 Å². The van der Waals surface area contributed by atoms with Crippen LogP contribution in [0.25, 0.3) is 0 Å². The molecule has 2 unspecified atom stereocenters. The number of nitriles is 1. The predicted octanol–water partition coefficient (Wildman–Crippen LogP) is 1.61. The molecule has 0 fully saturated rings. The molecule has 0 bridgehead atoms. The van der Waals surface area contributed by atoms with Gasteiger partial charge >= 0.3 is 0 Å². The highest BCUT2D eigenvalue weighted by atomic mass is 16.5. The molecule has 14 heavy (non-hydrogen) atoms. The van der Waals surface area contributed by atoms with Crippen molar-refractivity contribution < 1.29 is 4.74 Å². The summed E-state index contributed by atoms with van der Waals surface area (Å²) in [6, 6.07) is 9.04. The van der Waals surface area contributed by atoms with E-state index in [9.17, 15) is 0 Å². The second-order valence-electron chi connectivity index (χ2n) is 3.29. The molecule has 0 amide bonds. The lowest BCUT2D eigenvalue weighted by atomic mass is 10.2. The summed E-state index contributed by atoms with van der Waals surface area (Å²) in [5, 5.41) is 8.58. The van der Waals surface area contributed by atoms with E-state index in [4.69, 9.17) is 15.7 Å². The van der Waals surface area contributed by atoms with Gasteiger partial charge in [-0.15, -0.1) is 0 Å². The second-order valence-corrected chi connectivity index (χ2v) is 3.29. The molecular formula is C11H14N2O. The van der Waals surface area contributed by atoms with Gasteiger partial charge in [-0.25, -0.2) is 0 Å². The van der Waals surface area contributed by atoms with Crippen LogP contribution in [0.3, 0.4) is 0 Å². The van der Waals surface area contributed by atoms with Gasteiger partial charge in [0.05, 0.1) is 6.07 Å². The lowest BCUT2D eigenvalue weighted by molar-refractivity contribution is 0.209. The van der Waals surface area contributed by atoms with Gasteiger partial charge in [-0.1, -0.05) is 12.1 Å². The van der Waals surface area contributed by atoms with Crippen LogP contribution in [0.5, 0.6) is 5.75 Å². The minimum atomic E-state index is -0.587. The van der Waals surface area contributed by atoms with E-state index in [0.717, 1.165) is 11.3 Å². The van der Waals surface area contributed by atoms with Gasteiger partial charge in [-0.2, -0.15) is 5.26 Å². The Hall–Kier alpha value is -1.53. The van der Waals surface area contributed by atoms with Gasteiger partial charge in [-0.3, -0.25) is 0 Å². The fourth-order valence-electron chi connectivity index (χ4n) is 1.08. The average Bonchev–Trinajstić information content (AvgIpc) is 2.16. The van der Waals surface area contributed by atoms with E-state index in [1.54, 1.807) is 6.92 Å². The fraction of sp³-hybridized carbons (Fsp3) is 0.364. The Bertz CT molecular complexity index is 343. The Morgan fingerprint density at radius 2 is 2.21 bits per heavy atom. The third kappa shape index (κ3) is 2.75. The van der Waals surface area contributed by atoms with Crippen molar-refractivity contribution >= 4 is 0 Å². The molecule has 1 aromatic carbocycles. The first kappa shape index (κ1) is 10.6. The zero-order valence-corrected chi connectivity index (χ0v) is 8.40. The number of nitrogens with two attached hydrogens (primary N) is 1. The van der Waals surface area contributed by atoms with Crippen molar-refractivity contribution in [2.45, 2.75) is 26.0 Å². The summed E-state index contributed by atoms with van der Waals surface area (Å²) in [5.74, 6) is 0.753. The van der Waals surface area contributed by atoms with Crippen LogP contribution in [0.4, 0.5) is 0 Å². The molecule has 0 heterocycles. The second kappa shape index (κ2) is 4.64. The van der Waals surface area contributed by atoms with Crippen LogP contribution in [0, 0.1) is 18.3 Å². The van der Waals surface area contributed by atoms with Gasteiger partial charge in [0.15, 0.2) is 0 Å². The Balaban J connectivity index is 2.65. The molecule has 0 aliphatic heterocycles. The molecule has 0 aliphatic rings. The monoisotopic (exact) mass is 190 g/mol. The molecular weight excluding hydrogens is 176 g/mol. The van der Waals surface area contributed by atoms with E-state index in [-0.39, 0.29) is 6.10 Å². The smallest absolute Gasteiger partial charge is 0.130 e. The topological polar surface area (TPSA) is 59.0 Å². The third-order valence-electron chi connectivity index (χ3n) is 1.97. The molecule has 2 atom stereocenters. The van der Waals surface area contributed by atoms with Crippen molar-refractivity contribution in [1.29, 1.82) is 5.26 Å². The SMILES string of the molecule is Cc1cccc(OC(C)C(N)C#N)c1. The number of ether oxygens (including phenoxy) is 1. The lowest BCUT2D eigenvalue weighted by Crippen LogP contribution is -2.35. The van der Waals surface area contributed by atoms with Crippen molar-refractivity contribution in [3.8, 4) is 11.8 Å². The summed E-state index contributed by atoms with van der Waals surface area (Å²) in [6.45, 7) is 3.78. The molecule has 0 aromatic heterocycles. The molecule has 1 rings (SSSR count). The number of hydrogen-bond donors (Lipinski definition) is 1. The summed E-state index contributed by atoms with van der Waals surface area (Å²) in [7, 11) is 0. The Morgan fingerprint density at radius 1 is 1.50 bits per heavy atom. The van der Waals surface area contributed by atoms with Crippen LogP contribution in [-0.4, -0.2) is 12.1 Å². The Morgan fingerprint density at radius 3 is 2.79 bits per heavy atom. The normalized spacial score (nSPS) is 14.1. The highest BCUT2D eigenvalue weighted by molar-refractivity contribution is 5.27. The Labute approximate surface area is 84.1 Å². The van der Waals surface area contributed by atoms with Crippen LogP contribution < -0.4 is 10.5 Å². The number of nitrogens with zero attached hydrogens (tertiary/aromatic N) is 1. The zero-order chi connectivity index (χ0) is 10.6. The maximum atomic E-state index is 8.58. The first-order valence-electron chi connectivity index (χ1n) is 4.52. The highest BCUT2D eigenvalue weighted by Gasteiger charge is 2.12. The number of rotatable bonds is 3. The highest BCUT2D eigenvalue weighted by Crippen LogP contribution is 2.14. The molecule has 0 saturated carbocycles. The molecule has 2 N–H and O–H groups in total. The molecule has 0 saturated heterocycles. The largest absolute Gasteiger partial charge is 0.488 e. The molecule has 74 valence electrons. The van der Waals surface area contributed by atoms with Crippen LogP contribution >= 0.6 is 0 Å². The van der Waals surface area contributed by atoms with Gasteiger partial charge < -0.3 is 10.5 Å². The van der Waals surface area contributed by atoms with Crippen molar-refractivity contribution in [1.82, 2.24) is 0 Å².